The van der Waals surface area contributed by atoms with Crippen molar-refractivity contribution in [2.75, 3.05) is 6.61 Å². The van der Waals surface area contributed by atoms with Crippen LogP contribution in [-0.2, 0) is 14.3 Å². The van der Waals surface area contributed by atoms with Gasteiger partial charge in [-0.25, -0.2) is 4.79 Å². The number of carboxylic acid groups (broad SMARTS) is 1. The topological polar surface area (TPSA) is 63.6 Å². The molecule has 1 unspecified atom stereocenters. The molecule has 1 atom stereocenters. The summed E-state index contributed by atoms with van der Waals surface area (Å²) in [6.45, 7) is 7.21. The second-order valence-electron chi connectivity index (χ2n) is 3.48. The standard InChI is InChI=1S/C12H14O4S/c1-4-16-12(15)8(3)9(11(13)14)10-7(2)5-6-17-10/h5-6,9H,3-4H2,1-2H3,(H,13,14). The first-order chi connectivity index (χ1) is 7.99. The van der Waals surface area contributed by atoms with Gasteiger partial charge in [-0.05, 0) is 30.9 Å². The third-order valence-corrected chi connectivity index (χ3v) is 3.38. The van der Waals surface area contributed by atoms with Crippen molar-refractivity contribution >= 4 is 23.3 Å². The number of hydrogen-bond acceptors (Lipinski definition) is 4. The quantitative estimate of drug-likeness (QED) is 0.647. The van der Waals surface area contributed by atoms with Crippen molar-refractivity contribution in [3.8, 4) is 0 Å². The van der Waals surface area contributed by atoms with Crippen LogP contribution in [-0.4, -0.2) is 23.7 Å². The molecule has 1 heterocycles. The number of ether oxygens (including phenoxy) is 1. The van der Waals surface area contributed by atoms with Gasteiger partial charge in [-0.1, -0.05) is 6.58 Å². The van der Waals surface area contributed by atoms with Crippen molar-refractivity contribution in [2.45, 2.75) is 19.8 Å². The molecule has 17 heavy (non-hydrogen) atoms. The molecule has 0 aliphatic heterocycles. The van der Waals surface area contributed by atoms with Gasteiger partial charge in [0.15, 0.2) is 0 Å². The third-order valence-electron chi connectivity index (χ3n) is 2.30. The number of thiophene rings is 1. The van der Waals surface area contributed by atoms with Crippen molar-refractivity contribution in [1.29, 1.82) is 0 Å². The van der Waals surface area contributed by atoms with E-state index in [1.807, 2.05) is 6.07 Å². The Bertz CT molecular complexity index is 447. The second kappa shape index (κ2) is 5.63. The van der Waals surface area contributed by atoms with Crippen LogP contribution in [0.2, 0.25) is 0 Å². The predicted octanol–water partition coefficient (Wildman–Crippen LogP) is 2.34. The number of esters is 1. The van der Waals surface area contributed by atoms with E-state index >= 15 is 0 Å². The highest BCUT2D eigenvalue weighted by Crippen LogP contribution is 2.31. The summed E-state index contributed by atoms with van der Waals surface area (Å²) in [5.41, 5.74) is 0.803. The van der Waals surface area contributed by atoms with Crippen molar-refractivity contribution in [1.82, 2.24) is 0 Å². The van der Waals surface area contributed by atoms with Crippen LogP contribution in [0.3, 0.4) is 0 Å². The van der Waals surface area contributed by atoms with Gasteiger partial charge in [-0.15, -0.1) is 11.3 Å². The first-order valence-corrected chi connectivity index (χ1v) is 5.99. The lowest BCUT2D eigenvalue weighted by Crippen LogP contribution is -2.20. The summed E-state index contributed by atoms with van der Waals surface area (Å²) in [5.74, 6) is -2.77. The Kier molecular flexibility index (Phi) is 4.45. The highest BCUT2D eigenvalue weighted by Gasteiger charge is 2.30. The summed E-state index contributed by atoms with van der Waals surface area (Å²) in [5, 5.41) is 11.0. The highest BCUT2D eigenvalue weighted by atomic mass is 32.1. The van der Waals surface area contributed by atoms with E-state index in [0.29, 0.717) is 4.88 Å². The van der Waals surface area contributed by atoms with E-state index in [1.54, 1.807) is 19.2 Å². The number of carbonyl (C=O) groups is 2. The Balaban J connectivity index is 3.03. The largest absolute Gasteiger partial charge is 0.481 e. The number of carbonyl (C=O) groups excluding carboxylic acids is 1. The number of aryl methyl sites for hydroxylation is 1. The molecule has 4 nitrogen and oxygen atoms in total. The zero-order chi connectivity index (χ0) is 13.0. The molecule has 1 rings (SSSR count). The Morgan fingerprint density at radius 2 is 2.24 bits per heavy atom. The normalized spacial score (nSPS) is 11.9. The van der Waals surface area contributed by atoms with E-state index in [4.69, 9.17) is 4.74 Å². The van der Waals surface area contributed by atoms with Crippen LogP contribution in [0.15, 0.2) is 23.6 Å². The molecule has 0 aliphatic rings. The van der Waals surface area contributed by atoms with Crippen LogP contribution in [0.1, 0.15) is 23.3 Å². The summed E-state index contributed by atoms with van der Waals surface area (Å²) in [4.78, 5) is 23.4. The molecule has 0 aromatic carbocycles. The molecule has 0 saturated heterocycles. The molecule has 0 fully saturated rings. The lowest BCUT2D eigenvalue weighted by atomic mass is 9.96. The Morgan fingerprint density at radius 3 is 2.65 bits per heavy atom. The van der Waals surface area contributed by atoms with Crippen molar-refractivity contribution < 1.29 is 19.4 Å². The van der Waals surface area contributed by atoms with Gasteiger partial charge in [0.05, 0.1) is 6.61 Å². The van der Waals surface area contributed by atoms with Gasteiger partial charge in [-0.2, -0.15) is 0 Å². The fraction of sp³-hybridized carbons (Fsp3) is 0.333. The van der Waals surface area contributed by atoms with Gasteiger partial charge in [-0.3, -0.25) is 4.79 Å². The summed E-state index contributed by atoms with van der Waals surface area (Å²) in [7, 11) is 0. The minimum Gasteiger partial charge on any atom is -0.481 e. The molecule has 1 N–H and O–H groups in total. The highest BCUT2D eigenvalue weighted by molar-refractivity contribution is 7.10. The molecular weight excluding hydrogens is 240 g/mol. The summed E-state index contributed by atoms with van der Waals surface area (Å²) in [6, 6.07) is 1.81. The van der Waals surface area contributed by atoms with E-state index in [1.165, 1.54) is 11.3 Å². The molecule has 1 aromatic heterocycles. The SMILES string of the molecule is C=C(C(=O)OCC)C(C(=O)O)c1sccc1C. The number of aliphatic carboxylic acids is 1. The van der Waals surface area contributed by atoms with Crippen LogP contribution >= 0.6 is 11.3 Å². The number of carboxylic acids is 1. The maximum atomic E-state index is 11.5. The Hall–Kier alpha value is -1.62. The van der Waals surface area contributed by atoms with Crippen molar-refractivity contribution in [2.24, 2.45) is 0 Å². The molecule has 5 heteroatoms. The lowest BCUT2D eigenvalue weighted by Gasteiger charge is -2.13. The summed E-state index contributed by atoms with van der Waals surface area (Å²) in [6.07, 6.45) is 0. The Labute approximate surface area is 104 Å². The van der Waals surface area contributed by atoms with E-state index < -0.39 is 17.9 Å². The van der Waals surface area contributed by atoms with E-state index in [9.17, 15) is 14.7 Å². The van der Waals surface area contributed by atoms with Crippen LogP contribution in [0.25, 0.3) is 0 Å². The third kappa shape index (κ3) is 2.94. The number of hydrogen-bond donors (Lipinski definition) is 1. The second-order valence-corrected chi connectivity index (χ2v) is 4.43. The van der Waals surface area contributed by atoms with Crippen molar-refractivity contribution in [3.05, 3.63) is 34.0 Å². The fourth-order valence-corrected chi connectivity index (χ4v) is 2.49. The van der Waals surface area contributed by atoms with E-state index in [2.05, 4.69) is 6.58 Å². The minimum atomic E-state index is -1.09. The zero-order valence-electron chi connectivity index (χ0n) is 9.73. The minimum absolute atomic E-state index is 0.0371. The maximum absolute atomic E-state index is 11.5. The molecule has 92 valence electrons. The average Bonchev–Trinajstić information content (AvgIpc) is 2.65. The monoisotopic (exact) mass is 254 g/mol. The molecule has 0 aliphatic carbocycles. The average molecular weight is 254 g/mol. The zero-order valence-corrected chi connectivity index (χ0v) is 10.5. The summed E-state index contributed by atoms with van der Waals surface area (Å²) >= 11 is 1.30. The maximum Gasteiger partial charge on any atom is 0.334 e. The first kappa shape index (κ1) is 13.4. The molecule has 0 bridgehead atoms. The fourth-order valence-electron chi connectivity index (χ4n) is 1.44. The van der Waals surface area contributed by atoms with Gasteiger partial charge in [0.25, 0.3) is 0 Å². The van der Waals surface area contributed by atoms with Gasteiger partial charge in [0.2, 0.25) is 0 Å². The Morgan fingerprint density at radius 1 is 1.59 bits per heavy atom. The van der Waals surface area contributed by atoms with Crippen molar-refractivity contribution in [3.63, 3.8) is 0 Å². The smallest absolute Gasteiger partial charge is 0.334 e. The van der Waals surface area contributed by atoms with E-state index in [0.717, 1.165) is 5.56 Å². The summed E-state index contributed by atoms with van der Waals surface area (Å²) < 4.78 is 4.78. The lowest BCUT2D eigenvalue weighted by molar-refractivity contribution is -0.143. The van der Waals surface area contributed by atoms with Crippen LogP contribution in [0.5, 0.6) is 0 Å². The molecule has 0 saturated carbocycles. The molecule has 0 spiro atoms. The predicted molar refractivity (Wildman–Crippen MR) is 65.2 cm³/mol. The number of rotatable bonds is 5. The molecule has 1 aromatic rings. The molecule has 0 amide bonds. The van der Waals surface area contributed by atoms with Gasteiger partial charge >= 0.3 is 11.9 Å². The van der Waals surface area contributed by atoms with E-state index in [-0.39, 0.29) is 12.2 Å². The van der Waals surface area contributed by atoms with Gasteiger partial charge < -0.3 is 9.84 Å². The van der Waals surface area contributed by atoms with Gasteiger partial charge in [0, 0.05) is 10.5 Å². The first-order valence-electron chi connectivity index (χ1n) is 5.11. The molecular formula is C12H14O4S. The van der Waals surface area contributed by atoms with Crippen LogP contribution < -0.4 is 0 Å². The van der Waals surface area contributed by atoms with Crippen LogP contribution in [0.4, 0.5) is 0 Å². The molecule has 0 radical (unpaired) electrons. The van der Waals surface area contributed by atoms with Gasteiger partial charge in [0.1, 0.15) is 5.92 Å². The van der Waals surface area contributed by atoms with Crippen LogP contribution in [0, 0.1) is 6.92 Å².